The minimum atomic E-state index is -0.829. The average molecular weight is 584 g/mol. The van der Waals surface area contributed by atoms with Gasteiger partial charge in [0, 0.05) is 59.8 Å². The topological polar surface area (TPSA) is 20.6 Å². The van der Waals surface area contributed by atoms with Crippen LogP contribution in [0, 0.1) is 14.9 Å². The Bertz CT molecular complexity index is 627. The summed E-state index contributed by atoms with van der Waals surface area (Å²) in [6.07, 6.45) is 0.0457. The first kappa shape index (κ1) is 29.6. The number of para-hydroxylation sites is 1. The summed E-state index contributed by atoms with van der Waals surface area (Å²) in [4.78, 5) is 4.54. The maximum absolute atomic E-state index is 5.20. The van der Waals surface area contributed by atoms with E-state index in [2.05, 4.69) is 104 Å². The van der Waals surface area contributed by atoms with Crippen molar-refractivity contribution in [3.63, 3.8) is 0 Å². The second-order valence-corrected chi connectivity index (χ2v) is 13.5. The van der Waals surface area contributed by atoms with Crippen molar-refractivity contribution >= 4 is 18.9 Å². The molecule has 1 aliphatic rings. The van der Waals surface area contributed by atoms with Crippen molar-refractivity contribution in [2.24, 2.45) is 0 Å². The van der Waals surface area contributed by atoms with Crippen LogP contribution in [0.25, 0.3) is 5.32 Å². The van der Waals surface area contributed by atoms with Gasteiger partial charge in [-0.05, 0) is 61.5 Å². The fraction of sp³-hybridized carbons (Fsp3) is 0.565. The van der Waals surface area contributed by atoms with Gasteiger partial charge in [0.2, 0.25) is 0 Å². The number of hydrogen-bond acceptors (Lipinski definition) is 2. The standard InChI is InChI=1S/C21H35N3P.2CH3.Ir/c1-15-16(2)24(10)19(23(15)9)22-17-13-11-12-14-18(17)25(20(3,4)5)21(6,7)8;;;/h11-14,19H,1-10H3;2*1H3;/q3*-1;/p+1. The molecule has 3 nitrogen and oxygen atoms in total. The van der Waals surface area contributed by atoms with E-state index in [9.17, 15) is 0 Å². The van der Waals surface area contributed by atoms with Gasteiger partial charge >= 0.3 is 0 Å². The van der Waals surface area contributed by atoms with Crippen LogP contribution < -0.4 is 5.30 Å². The maximum Gasteiger partial charge on any atom is 0.0779 e. The predicted molar refractivity (Wildman–Crippen MR) is 127 cm³/mol. The van der Waals surface area contributed by atoms with Gasteiger partial charge in [0.25, 0.3) is 0 Å². The Hall–Kier alpha value is -0.561. The zero-order chi connectivity index (χ0) is 19.2. The van der Waals surface area contributed by atoms with Crippen molar-refractivity contribution in [3.8, 4) is 0 Å². The SMILES string of the molecule is CC1=C(C)N(C)C([N-]c2ccccc2[PH+](C(C)(C)C)C(C)(C)C)N1C.[CH3-].[CH3-].[Ir]. The third kappa shape index (κ3) is 5.97. The number of allylic oxidation sites excluding steroid dienone is 2. The summed E-state index contributed by atoms with van der Waals surface area (Å²) < 4.78 is 0. The third-order valence-corrected chi connectivity index (χ3v) is 9.16. The quantitative estimate of drug-likeness (QED) is 0.302. The van der Waals surface area contributed by atoms with Crippen LogP contribution in [0.5, 0.6) is 0 Å². The largest absolute Gasteiger partial charge is 0.645 e. The number of hydrogen-bond donors (Lipinski definition) is 0. The Labute approximate surface area is 190 Å². The Morgan fingerprint density at radius 3 is 1.61 bits per heavy atom. The predicted octanol–water partition coefficient (Wildman–Crippen LogP) is 6.44. The minimum Gasteiger partial charge on any atom is -0.645 e. The summed E-state index contributed by atoms with van der Waals surface area (Å²) in [5.41, 5.74) is 3.75. The van der Waals surface area contributed by atoms with Crippen LogP contribution in [0.15, 0.2) is 35.7 Å². The van der Waals surface area contributed by atoms with Gasteiger partial charge in [-0.15, -0.1) is 0 Å². The van der Waals surface area contributed by atoms with E-state index in [4.69, 9.17) is 5.32 Å². The summed E-state index contributed by atoms with van der Waals surface area (Å²) in [5, 5.41) is 7.20. The molecule has 0 amide bonds. The molecule has 0 N–H and O–H groups in total. The van der Waals surface area contributed by atoms with Crippen molar-refractivity contribution in [2.75, 3.05) is 14.1 Å². The van der Waals surface area contributed by atoms with Gasteiger partial charge in [-0.3, -0.25) is 0 Å². The summed E-state index contributed by atoms with van der Waals surface area (Å²) >= 11 is 0. The first-order valence-electron chi connectivity index (χ1n) is 9.17. The molecule has 0 spiro atoms. The zero-order valence-electron chi connectivity index (χ0n) is 20.1. The molecule has 1 aromatic rings. The van der Waals surface area contributed by atoms with E-state index in [1.54, 1.807) is 0 Å². The van der Waals surface area contributed by atoms with Crippen molar-refractivity contribution < 1.29 is 20.1 Å². The normalized spacial score (nSPS) is 15.2. The summed E-state index contributed by atoms with van der Waals surface area (Å²) in [7, 11) is 3.45. The van der Waals surface area contributed by atoms with Gasteiger partial charge in [0.15, 0.2) is 0 Å². The molecule has 1 radical (unpaired) electrons. The van der Waals surface area contributed by atoms with E-state index in [0.29, 0.717) is 0 Å². The number of benzene rings is 1. The molecule has 2 rings (SSSR count). The zero-order valence-corrected chi connectivity index (χ0v) is 23.5. The fourth-order valence-corrected chi connectivity index (χ4v) is 8.68. The van der Waals surface area contributed by atoms with Crippen LogP contribution >= 0.6 is 7.92 Å². The molecule has 0 aliphatic carbocycles. The monoisotopic (exact) mass is 584 g/mol. The van der Waals surface area contributed by atoms with Crippen LogP contribution in [0.3, 0.4) is 0 Å². The molecular weight excluding hydrogens is 541 g/mol. The van der Waals surface area contributed by atoms with E-state index in [0.717, 1.165) is 5.69 Å². The Balaban J connectivity index is 0. The van der Waals surface area contributed by atoms with Crippen LogP contribution in [-0.4, -0.2) is 40.5 Å². The summed E-state index contributed by atoms with van der Waals surface area (Å²) in [6, 6.07) is 8.80. The average Bonchev–Trinajstić information content (AvgIpc) is 2.64. The van der Waals surface area contributed by atoms with Crippen molar-refractivity contribution in [3.05, 3.63) is 55.8 Å². The van der Waals surface area contributed by atoms with Gasteiger partial charge in [0.05, 0.1) is 15.6 Å². The van der Waals surface area contributed by atoms with Crippen molar-refractivity contribution in [2.45, 2.75) is 72.0 Å². The summed E-state index contributed by atoms with van der Waals surface area (Å²) in [5.74, 6) is 0. The van der Waals surface area contributed by atoms with Gasteiger partial charge in [-0.2, -0.15) is 0 Å². The van der Waals surface area contributed by atoms with Gasteiger partial charge in [-0.25, -0.2) is 0 Å². The number of rotatable bonds is 3. The smallest absolute Gasteiger partial charge is 0.0779 e. The molecule has 1 heterocycles. The van der Waals surface area contributed by atoms with E-state index in [1.165, 1.54) is 16.7 Å². The second kappa shape index (κ2) is 10.5. The molecule has 0 aromatic heterocycles. The molecule has 0 saturated heterocycles. The molecule has 165 valence electrons. The van der Waals surface area contributed by atoms with E-state index in [1.807, 2.05) is 0 Å². The van der Waals surface area contributed by atoms with E-state index < -0.39 is 7.92 Å². The molecule has 1 aromatic carbocycles. The maximum atomic E-state index is 5.20. The molecule has 0 atom stereocenters. The van der Waals surface area contributed by atoms with Crippen LogP contribution in [0.2, 0.25) is 0 Å². The van der Waals surface area contributed by atoms with Crippen molar-refractivity contribution in [1.29, 1.82) is 0 Å². The molecule has 5 heteroatoms. The molecule has 0 bridgehead atoms. The van der Waals surface area contributed by atoms with Crippen LogP contribution in [0.1, 0.15) is 55.4 Å². The van der Waals surface area contributed by atoms with Crippen molar-refractivity contribution in [1.82, 2.24) is 9.80 Å². The second-order valence-electron chi connectivity index (χ2n) is 9.26. The fourth-order valence-electron chi connectivity index (χ4n) is 4.14. The van der Waals surface area contributed by atoms with Gasteiger partial charge in [0.1, 0.15) is 0 Å². The first-order chi connectivity index (χ1) is 11.4. The molecule has 1 aliphatic heterocycles. The summed E-state index contributed by atoms with van der Waals surface area (Å²) in [6.45, 7) is 18.6. The van der Waals surface area contributed by atoms with Crippen LogP contribution in [-0.2, 0) is 20.1 Å². The molecule has 0 unspecified atom stereocenters. The molecule has 0 fully saturated rings. The van der Waals surface area contributed by atoms with E-state index >= 15 is 0 Å². The number of nitrogens with zero attached hydrogens (tertiary/aromatic N) is 3. The molecule has 28 heavy (non-hydrogen) atoms. The molecule has 0 saturated carbocycles. The van der Waals surface area contributed by atoms with Gasteiger partial charge in [-0.1, -0.05) is 23.9 Å². The first-order valence-corrected chi connectivity index (χ1v) is 10.7. The Morgan fingerprint density at radius 2 is 1.21 bits per heavy atom. The minimum absolute atomic E-state index is 0. The van der Waals surface area contributed by atoms with E-state index in [-0.39, 0.29) is 51.6 Å². The Morgan fingerprint density at radius 1 is 0.821 bits per heavy atom. The molecular formula is C23H42IrN3P-2. The third-order valence-electron chi connectivity index (χ3n) is 5.20. The Kier molecular flexibility index (Phi) is 11.1. The van der Waals surface area contributed by atoms with Gasteiger partial charge < -0.3 is 30.0 Å². The van der Waals surface area contributed by atoms with Crippen LogP contribution in [0.4, 0.5) is 5.69 Å².